The van der Waals surface area contributed by atoms with Crippen LogP contribution in [-0.4, -0.2) is 26.4 Å². The second-order valence-electron chi connectivity index (χ2n) is 4.63. The van der Waals surface area contributed by atoms with Gasteiger partial charge in [0.2, 0.25) is 5.91 Å². The number of carbonyl (C=O) groups excluding carboxylic acids is 1. The molecular formula is C18H19NO3S. The van der Waals surface area contributed by atoms with Gasteiger partial charge in [0.15, 0.2) is 11.5 Å². The Morgan fingerprint density at radius 1 is 1.09 bits per heavy atom. The van der Waals surface area contributed by atoms with Gasteiger partial charge in [0.1, 0.15) is 0 Å². The number of benzene rings is 2. The van der Waals surface area contributed by atoms with E-state index >= 15 is 0 Å². The van der Waals surface area contributed by atoms with E-state index in [1.165, 1.54) is 6.08 Å². The first kappa shape index (κ1) is 17.0. The number of ether oxygens (including phenoxy) is 2. The van der Waals surface area contributed by atoms with Crippen LogP contribution in [0.5, 0.6) is 11.5 Å². The molecule has 0 radical (unpaired) electrons. The SMILES string of the molecule is COc1cccc(/C=C/C(=O)Nc2ccc(SC)cc2)c1OC. The second kappa shape index (κ2) is 8.29. The van der Waals surface area contributed by atoms with Crippen LogP contribution in [0, 0.1) is 0 Å². The molecule has 2 aromatic carbocycles. The van der Waals surface area contributed by atoms with E-state index in [2.05, 4.69) is 5.32 Å². The van der Waals surface area contributed by atoms with Crippen LogP contribution in [0.3, 0.4) is 0 Å². The molecule has 0 aliphatic heterocycles. The summed E-state index contributed by atoms with van der Waals surface area (Å²) in [5.41, 5.74) is 1.54. The maximum atomic E-state index is 12.0. The van der Waals surface area contributed by atoms with Crippen LogP contribution in [0.25, 0.3) is 6.08 Å². The average Bonchev–Trinajstić information content (AvgIpc) is 2.60. The number of nitrogens with one attached hydrogen (secondary N) is 1. The van der Waals surface area contributed by atoms with E-state index in [4.69, 9.17) is 9.47 Å². The summed E-state index contributed by atoms with van der Waals surface area (Å²) in [5, 5.41) is 2.82. The molecule has 0 heterocycles. The minimum Gasteiger partial charge on any atom is -0.493 e. The van der Waals surface area contributed by atoms with Gasteiger partial charge in [-0.05, 0) is 42.7 Å². The molecule has 0 aliphatic rings. The summed E-state index contributed by atoms with van der Waals surface area (Å²) in [5.74, 6) is 1.03. The number of methoxy groups -OCH3 is 2. The lowest BCUT2D eigenvalue weighted by molar-refractivity contribution is -0.111. The Hall–Kier alpha value is -2.40. The normalized spacial score (nSPS) is 10.6. The molecule has 4 nitrogen and oxygen atoms in total. The van der Waals surface area contributed by atoms with Crippen LogP contribution in [0.4, 0.5) is 5.69 Å². The number of hydrogen-bond donors (Lipinski definition) is 1. The lowest BCUT2D eigenvalue weighted by Crippen LogP contribution is -2.07. The van der Waals surface area contributed by atoms with Gasteiger partial charge in [-0.1, -0.05) is 12.1 Å². The fourth-order valence-electron chi connectivity index (χ4n) is 2.07. The second-order valence-corrected chi connectivity index (χ2v) is 5.51. The minimum absolute atomic E-state index is 0.202. The van der Waals surface area contributed by atoms with Crippen LogP contribution in [0.2, 0.25) is 0 Å². The molecule has 120 valence electrons. The van der Waals surface area contributed by atoms with Crippen molar-refractivity contribution in [2.24, 2.45) is 0 Å². The fourth-order valence-corrected chi connectivity index (χ4v) is 2.48. The molecule has 0 saturated heterocycles. The van der Waals surface area contributed by atoms with Crippen LogP contribution in [0.1, 0.15) is 5.56 Å². The monoisotopic (exact) mass is 329 g/mol. The Morgan fingerprint density at radius 3 is 2.43 bits per heavy atom. The van der Waals surface area contributed by atoms with Gasteiger partial charge in [-0.2, -0.15) is 0 Å². The van der Waals surface area contributed by atoms with Gasteiger partial charge in [0, 0.05) is 22.2 Å². The minimum atomic E-state index is -0.202. The number of thioether (sulfide) groups is 1. The first-order chi connectivity index (χ1) is 11.2. The highest BCUT2D eigenvalue weighted by molar-refractivity contribution is 7.98. The predicted molar refractivity (Wildman–Crippen MR) is 95.4 cm³/mol. The largest absolute Gasteiger partial charge is 0.493 e. The lowest BCUT2D eigenvalue weighted by Gasteiger charge is -2.09. The van der Waals surface area contributed by atoms with E-state index < -0.39 is 0 Å². The maximum absolute atomic E-state index is 12.0. The lowest BCUT2D eigenvalue weighted by atomic mass is 10.1. The molecule has 0 saturated carbocycles. The zero-order valence-electron chi connectivity index (χ0n) is 13.3. The third kappa shape index (κ3) is 4.53. The molecule has 2 rings (SSSR count). The topological polar surface area (TPSA) is 47.6 Å². The molecule has 1 N–H and O–H groups in total. The first-order valence-electron chi connectivity index (χ1n) is 7.02. The van der Waals surface area contributed by atoms with Crippen molar-refractivity contribution in [3.8, 4) is 11.5 Å². The van der Waals surface area contributed by atoms with Crippen molar-refractivity contribution < 1.29 is 14.3 Å². The predicted octanol–water partition coefficient (Wildman–Crippen LogP) is 4.08. The van der Waals surface area contributed by atoms with Gasteiger partial charge in [-0.25, -0.2) is 0 Å². The summed E-state index contributed by atoms with van der Waals surface area (Å²) in [6, 6.07) is 13.2. The third-order valence-electron chi connectivity index (χ3n) is 3.21. The van der Waals surface area contributed by atoms with Gasteiger partial charge in [-0.3, -0.25) is 4.79 Å². The number of hydrogen-bond acceptors (Lipinski definition) is 4. The molecule has 0 aromatic heterocycles. The summed E-state index contributed by atoms with van der Waals surface area (Å²) in [4.78, 5) is 13.2. The molecule has 0 aliphatic carbocycles. The van der Waals surface area contributed by atoms with Crippen LogP contribution >= 0.6 is 11.8 Å². The third-order valence-corrected chi connectivity index (χ3v) is 3.95. The van der Waals surface area contributed by atoms with Gasteiger partial charge in [-0.15, -0.1) is 11.8 Å². The van der Waals surface area contributed by atoms with Gasteiger partial charge >= 0.3 is 0 Å². The summed E-state index contributed by atoms with van der Waals surface area (Å²) in [6.07, 6.45) is 5.19. The summed E-state index contributed by atoms with van der Waals surface area (Å²) in [6.45, 7) is 0. The van der Waals surface area contributed by atoms with Crippen LogP contribution in [-0.2, 0) is 4.79 Å². The molecule has 5 heteroatoms. The van der Waals surface area contributed by atoms with Crippen molar-refractivity contribution in [1.29, 1.82) is 0 Å². The molecule has 0 atom stereocenters. The Morgan fingerprint density at radius 2 is 1.83 bits per heavy atom. The molecule has 0 bridgehead atoms. The molecule has 0 spiro atoms. The van der Waals surface area contributed by atoms with Gasteiger partial charge in [0.25, 0.3) is 0 Å². The number of rotatable bonds is 6. The quantitative estimate of drug-likeness (QED) is 0.641. The highest BCUT2D eigenvalue weighted by atomic mass is 32.2. The van der Waals surface area contributed by atoms with Crippen molar-refractivity contribution in [2.45, 2.75) is 4.90 Å². The van der Waals surface area contributed by atoms with Gasteiger partial charge < -0.3 is 14.8 Å². The van der Waals surface area contributed by atoms with E-state index in [1.54, 1.807) is 32.1 Å². The highest BCUT2D eigenvalue weighted by Crippen LogP contribution is 2.31. The van der Waals surface area contributed by atoms with Crippen LogP contribution in [0.15, 0.2) is 53.4 Å². The van der Waals surface area contributed by atoms with Crippen molar-refractivity contribution in [3.63, 3.8) is 0 Å². The standard InChI is InChI=1S/C18H19NO3S/c1-21-16-6-4-5-13(18(16)22-2)7-12-17(20)19-14-8-10-15(23-3)11-9-14/h4-12H,1-3H3,(H,19,20)/b12-7+. The number of para-hydroxylation sites is 1. The number of carbonyl (C=O) groups is 1. The summed E-state index contributed by atoms with van der Waals surface area (Å²) >= 11 is 1.66. The smallest absolute Gasteiger partial charge is 0.248 e. The van der Waals surface area contributed by atoms with Gasteiger partial charge in [0.05, 0.1) is 14.2 Å². The molecule has 0 unspecified atom stereocenters. The van der Waals surface area contributed by atoms with E-state index in [0.29, 0.717) is 11.5 Å². The highest BCUT2D eigenvalue weighted by Gasteiger charge is 2.07. The average molecular weight is 329 g/mol. The van der Waals surface area contributed by atoms with Crippen molar-refractivity contribution >= 4 is 29.4 Å². The Balaban J connectivity index is 2.08. The van der Waals surface area contributed by atoms with E-state index in [9.17, 15) is 4.79 Å². The van der Waals surface area contributed by atoms with Crippen LogP contribution < -0.4 is 14.8 Å². The Labute approximate surface area is 140 Å². The first-order valence-corrected chi connectivity index (χ1v) is 8.24. The van der Waals surface area contributed by atoms with Crippen molar-refractivity contribution in [1.82, 2.24) is 0 Å². The number of anilines is 1. The zero-order valence-corrected chi connectivity index (χ0v) is 14.1. The number of amides is 1. The maximum Gasteiger partial charge on any atom is 0.248 e. The summed E-state index contributed by atoms with van der Waals surface area (Å²) in [7, 11) is 3.15. The molecule has 23 heavy (non-hydrogen) atoms. The zero-order chi connectivity index (χ0) is 16.7. The molecule has 0 fully saturated rings. The van der Waals surface area contributed by atoms with E-state index in [0.717, 1.165) is 16.1 Å². The fraction of sp³-hybridized carbons (Fsp3) is 0.167. The molecule has 2 aromatic rings. The Kier molecular flexibility index (Phi) is 6.11. The molecular weight excluding hydrogens is 310 g/mol. The summed E-state index contributed by atoms with van der Waals surface area (Å²) < 4.78 is 10.6. The molecule has 1 amide bonds. The Bertz CT molecular complexity index is 696. The van der Waals surface area contributed by atoms with Crippen molar-refractivity contribution in [3.05, 3.63) is 54.1 Å². The van der Waals surface area contributed by atoms with E-state index in [1.807, 2.05) is 48.7 Å². The van der Waals surface area contributed by atoms with Crippen molar-refractivity contribution in [2.75, 3.05) is 25.8 Å². The van der Waals surface area contributed by atoms with E-state index in [-0.39, 0.29) is 5.91 Å².